The minimum Gasteiger partial charge on any atom is -0.455 e. The van der Waals surface area contributed by atoms with E-state index in [1.807, 2.05) is 31.2 Å². The summed E-state index contributed by atoms with van der Waals surface area (Å²) in [6.45, 7) is 2.03. The van der Waals surface area contributed by atoms with Crippen LogP contribution in [0.3, 0.4) is 0 Å². The minimum atomic E-state index is 0.572. The number of fused-ring (bicyclic) bond motifs is 1. The predicted molar refractivity (Wildman–Crippen MR) is 96.2 cm³/mol. The first kappa shape index (κ1) is 15.7. The van der Waals surface area contributed by atoms with Crippen molar-refractivity contribution >= 4 is 40.7 Å². The van der Waals surface area contributed by atoms with Gasteiger partial charge in [0.2, 0.25) is 5.16 Å². The van der Waals surface area contributed by atoms with Crippen LogP contribution in [-0.4, -0.2) is 26.3 Å². The third kappa shape index (κ3) is 2.85. The Labute approximate surface area is 152 Å². The summed E-state index contributed by atoms with van der Waals surface area (Å²) in [6.07, 6.45) is 0.773. The molecule has 0 spiro atoms. The average molecular weight is 379 g/mol. The minimum absolute atomic E-state index is 0.572. The summed E-state index contributed by atoms with van der Waals surface area (Å²) in [5, 5.41) is 14.9. The van der Waals surface area contributed by atoms with Crippen molar-refractivity contribution < 1.29 is 4.42 Å². The topological polar surface area (TPSA) is 56.2 Å². The Hall–Kier alpha value is -1.76. The molecule has 4 rings (SSSR count). The first-order chi connectivity index (χ1) is 11.6. The third-order valence-electron chi connectivity index (χ3n) is 3.59. The smallest absolute Gasteiger partial charge is 0.212 e. The number of aryl methyl sites for hydroxylation is 1. The number of hydrogen-bond donors (Lipinski definition) is 0. The zero-order valence-corrected chi connectivity index (χ0v) is 15.0. The van der Waals surface area contributed by atoms with Crippen LogP contribution in [0.5, 0.6) is 0 Å². The van der Waals surface area contributed by atoms with Gasteiger partial charge in [-0.3, -0.25) is 0 Å². The van der Waals surface area contributed by atoms with Crippen LogP contribution in [0.15, 0.2) is 45.0 Å². The van der Waals surface area contributed by atoms with E-state index in [9.17, 15) is 0 Å². The Morgan fingerprint density at radius 2 is 1.88 bits per heavy atom. The van der Waals surface area contributed by atoms with Gasteiger partial charge in [0.1, 0.15) is 11.5 Å². The van der Waals surface area contributed by atoms with E-state index in [4.69, 9.17) is 27.6 Å². The number of benzene rings is 1. The number of hydrogen-bond acceptors (Lipinski definition) is 5. The van der Waals surface area contributed by atoms with Gasteiger partial charge in [0.25, 0.3) is 0 Å². The fraction of sp³-hybridized carbons (Fsp3) is 0.188. The van der Waals surface area contributed by atoms with E-state index in [0.29, 0.717) is 21.6 Å². The molecule has 1 aliphatic rings. The fourth-order valence-electron chi connectivity index (χ4n) is 2.45. The third-order valence-corrected chi connectivity index (χ3v) is 4.96. The van der Waals surface area contributed by atoms with Crippen LogP contribution in [0.2, 0.25) is 10.0 Å². The van der Waals surface area contributed by atoms with Crippen molar-refractivity contribution in [2.75, 3.05) is 5.75 Å². The van der Waals surface area contributed by atoms with Crippen LogP contribution in [-0.2, 0) is 6.42 Å². The highest BCUT2D eigenvalue weighted by molar-refractivity contribution is 7.99. The number of halogens is 2. The van der Waals surface area contributed by atoms with E-state index in [1.165, 1.54) is 0 Å². The molecule has 24 heavy (non-hydrogen) atoms. The van der Waals surface area contributed by atoms with Gasteiger partial charge >= 0.3 is 0 Å². The van der Waals surface area contributed by atoms with Crippen LogP contribution in [0, 0.1) is 0 Å². The molecule has 0 bridgehead atoms. The second-order valence-electron chi connectivity index (χ2n) is 5.22. The maximum atomic E-state index is 6.06. The van der Waals surface area contributed by atoms with Crippen LogP contribution in [0.25, 0.3) is 11.3 Å². The quantitative estimate of drug-likeness (QED) is 0.658. The van der Waals surface area contributed by atoms with Crippen LogP contribution in [0.4, 0.5) is 0 Å². The first-order valence-electron chi connectivity index (χ1n) is 7.35. The lowest BCUT2D eigenvalue weighted by Gasteiger charge is -2.11. The standard InChI is InChI=1S/C16H12Cl2N4OS/c1-2-15-19-20-16-22(15)21-12(8-24-16)14-4-3-13(23-14)9-5-10(17)7-11(18)6-9/h3-7H,2,8H2,1H3. The SMILES string of the molecule is CCc1nnc2n1N=C(c1ccc(-c3cc(Cl)cc(Cl)c3)o1)CS2. The van der Waals surface area contributed by atoms with E-state index in [-0.39, 0.29) is 0 Å². The number of furan rings is 1. The molecule has 122 valence electrons. The molecule has 0 saturated carbocycles. The molecular weight excluding hydrogens is 367 g/mol. The summed E-state index contributed by atoms with van der Waals surface area (Å²) in [6, 6.07) is 9.14. The molecule has 8 heteroatoms. The van der Waals surface area contributed by atoms with Gasteiger partial charge in [-0.25, -0.2) is 0 Å². The van der Waals surface area contributed by atoms with E-state index >= 15 is 0 Å². The van der Waals surface area contributed by atoms with Gasteiger partial charge in [-0.2, -0.15) is 9.78 Å². The number of rotatable bonds is 3. The molecule has 0 unspecified atom stereocenters. The Kier molecular flexibility index (Phi) is 4.12. The predicted octanol–water partition coefficient (Wildman–Crippen LogP) is 4.77. The van der Waals surface area contributed by atoms with E-state index in [0.717, 1.165) is 34.4 Å². The van der Waals surface area contributed by atoms with Gasteiger partial charge in [0, 0.05) is 27.8 Å². The Bertz CT molecular complexity index is 927. The van der Waals surface area contributed by atoms with Gasteiger partial charge < -0.3 is 4.42 Å². The van der Waals surface area contributed by atoms with Crippen molar-refractivity contribution in [2.24, 2.45) is 5.10 Å². The number of aromatic nitrogens is 3. The van der Waals surface area contributed by atoms with Crippen LogP contribution in [0.1, 0.15) is 18.5 Å². The molecule has 3 heterocycles. The maximum absolute atomic E-state index is 6.06. The fourth-order valence-corrected chi connectivity index (χ4v) is 3.81. The first-order valence-corrected chi connectivity index (χ1v) is 9.10. The molecule has 0 fully saturated rings. The Morgan fingerprint density at radius 3 is 2.62 bits per heavy atom. The summed E-state index contributed by atoms with van der Waals surface area (Å²) >= 11 is 13.7. The van der Waals surface area contributed by atoms with E-state index in [2.05, 4.69) is 15.3 Å². The molecule has 5 nitrogen and oxygen atoms in total. The highest BCUT2D eigenvalue weighted by Gasteiger charge is 2.21. The molecule has 3 aromatic rings. The maximum Gasteiger partial charge on any atom is 0.212 e. The monoisotopic (exact) mass is 378 g/mol. The summed E-state index contributed by atoms with van der Waals surface area (Å²) in [4.78, 5) is 0. The highest BCUT2D eigenvalue weighted by Crippen LogP contribution is 2.30. The van der Waals surface area contributed by atoms with Gasteiger partial charge in [-0.15, -0.1) is 10.2 Å². The lowest BCUT2D eigenvalue weighted by Crippen LogP contribution is -2.13. The molecule has 0 atom stereocenters. The molecule has 0 amide bonds. The second-order valence-corrected chi connectivity index (χ2v) is 7.04. The van der Waals surface area contributed by atoms with E-state index < -0.39 is 0 Å². The Balaban J connectivity index is 1.70. The summed E-state index contributed by atoms with van der Waals surface area (Å²) < 4.78 is 7.75. The van der Waals surface area contributed by atoms with Gasteiger partial charge in [-0.1, -0.05) is 41.9 Å². The lowest BCUT2D eigenvalue weighted by molar-refractivity contribution is 0.569. The lowest BCUT2D eigenvalue weighted by atomic mass is 10.2. The Morgan fingerprint density at radius 1 is 1.12 bits per heavy atom. The van der Waals surface area contributed by atoms with Crippen molar-refractivity contribution in [3.05, 3.63) is 52.0 Å². The van der Waals surface area contributed by atoms with Gasteiger partial charge in [-0.05, 0) is 30.3 Å². The zero-order chi connectivity index (χ0) is 16.7. The molecule has 2 aromatic heterocycles. The normalized spacial score (nSPS) is 13.7. The van der Waals surface area contributed by atoms with Crippen LogP contribution >= 0.6 is 35.0 Å². The van der Waals surface area contributed by atoms with Crippen molar-refractivity contribution in [3.8, 4) is 11.3 Å². The molecule has 0 radical (unpaired) electrons. The van der Waals surface area contributed by atoms with Crippen molar-refractivity contribution in [1.29, 1.82) is 0 Å². The highest BCUT2D eigenvalue weighted by atomic mass is 35.5. The van der Waals surface area contributed by atoms with Gasteiger partial charge in [0.05, 0.1) is 0 Å². The molecule has 0 saturated heterocycles. The molecule has 0 aliphatic carbocycles. The summed E-state index contributed by atoms with van der Waals surface area (Å²) in [7, 11) is 0. The van der Waals surface area contributed by atoms with E-state index in [1.54, 1.807) is 22.5 Å². The van der Waals surface area contributed by atoms with Crippen molar-refractivity contribution in [2.45, 2.75) is 18.5 Å². The summed E-state index contributed by atoms with van der Waals surface area (Å²) in [5.74, 6) is 2.94. The zero-order valence-electron chi connectivity index (χ0n) is 12.7. The molecule has 1 aliphatic heterocycles. The van der Waals surface area contributed by atoms with Crippen LogP contribution < -0.4 is 0 Å². The summed E-state index contributed by atoms with van der Waals surface area (Å²) in [5.41, 5.74) is 1.68. The number of thioether (sulfide) groups is 1. The average Bonchev–Trinajstić information content (AvgIpc) is 3.20. The molecule has 1 aromatic carbocycles. The van der Waals surface area contributed by atoms with Gasteiger partial charge in [0.15, 0.2) is 11.6 Å². The largest absolute Gasteiger partial charge is 0.455 e. The van der Waals surface area contributed by atoms with Crippen molar-refractivity contribution in [3.63, 3.8) is 0 Å². The second kappa shape index (κ2) is 6.27. The molecule has 0 N–H and O–H groups in total. The number of nitrogens with zero attached hydrogens (tertiary/aromatic N) is 4. The molecular formula is C16H12Cl2N4OS. The van der Waals surface area contributed by atoms with Crippen molar-refractivity contribution in [1.82, 2.24) is 14.9 Å².